The van der Waals surface area contributed by atoms with Gasteiger partial charge >= 0.3 is 11.7 Å². The number of pyridine rings is 1. The minimum atomic E-state index is -0.818. The van der Waals surface area contributed by atoms with Crippen LogP contribution in [-0.4, -0.2) is 37.2 Å². The topological polar surface area (TPSA) is 106 Å². The number of nitrogens with zero attached hydrogens (tertiary/aromatic N) is 3. The van der Waals surface area contributed by atoms with E-state index in [4.69, 9.17) is 5.11 Å². The number of amides is 1. The van der Waals surface area contributed by atoms with E-state index in [0.717, 1.165) is 0 Å². The molecule has 8 nitrogen and oxygen atoms in total. The number of hydrogen-bond donors (Lipinski definition) is 2. The number of fused-ring (bicyclic) bond motifs is 1. The lowest BCUT2D eigenvalue weighted by atomic mass is 9.80. The molecular weight excluding hydrogens is 288 g/mol. The summed E-state index contributed by atoms with van der Waals surface area (Å²) in [5, 5.41) is 15.7. The van der Waals surface area contributed by atoms with Gasteiger partial charge in [-0.15, -0.1) is 5.10 Å². The Morgan fingerprint density at radius 2 is 2.14 bits per heavy atom. The maximum Gasteiger partial charge on any atom is 0.350 e. The summed E-state index contributed by atoms with van der Waals surface area (Å²) in [4.78, 5) is 34.5. The van der Waals surface area contributed by atoms with Gasteiger partial charge in [0.05, 0.1) is 12.5 Å². The van der Waals surface area contributed by atoms with Crippen LogP contribution in [0.2, 0.25) is 0 Å². The number of aliphatic carboxylic acids is 1. The predicted molar refractivity (Wildman–Crippen MR) is 76.4 cm³/mol. The summed E-state index contributed by atoms with van der Waals surface area (Å²) < 4.78 is 2.68. The Hall–Kier alpha value is -2.64. The van der Waals surface area contributed by atoms with E-state index < -0.39 is 5.97 Å². The molecule has 0 saturated heterocycles. The number of aromatic nitrogens is 3. The minimum absolute atomic E-state index is 0.0774. The smallest absolute Gasteiger partial charge is 0.350 e. The van der Waals surface area contributed by atoms with Crippen molar-refractivity contribution in [3.05, 3.63) is 34.9 Å². The Kier molecular flexibility index (Phi) is 3.66. The van der Waals surface area contributed by atoms with Crippen LogP contribution in [0.4, 0.5) is 0 Å². The van der Waals surface area contributed by atoms with E-state index in [1.165, 1.54) is 9.08 Å². The molecule has 0 aliphatic heterocycles. The standard InChI is InChI=1S/C14H16N4O4/c19-12(15-10-7-9(8-10)13(20)21)4-6-18-14(22)17-5-2-1-3-11(17)16-18/h1-3,5,9-10H,4,6-8H2,(H,15,19)(H,20,21). The monoisotopic (exact) mass is 304 g/mol. The third-order valence-electron chi connectivity index (χ3n) is 3.89. The molecule has 116 valence electrons. The summed E-state index contributed by atoms with van der Waals surface area (Å²) in [6, 6.07) is 5.17. The van der Waals surface area contributed by atoms with Crippen molar-refractivity contribution in [2.45, 2.75) is 31.8 Å². The predicted octanol–water partition coefficient (Wildman–Crippen LogP) is -0.135. The second kappa shape index (κ2) is 5.63. The number of carboxylic acid groups (broad SMARTS) is 1. The van der Waals surface area contributed by atoms with E-state index in [1.54, 1.807) is 24.4 Å². The fourth-order valence-corrected chi connectivity index (χ4v) is 2.56. The first-order chi connectivity index (χ1) is 10.5. The molecule has 1 amide bonds. The molecule has 2 heterocycles. The molecule has 1 aliphatic carbocycles. The van der Waals surface area contributed by atoms with Crippen molar-refractivity contribution in [1.82, 2.24) is 19.5 Å². The lowest BCUT2D eigenvalue weighted by Gasteiger charge is -2.32. The third kappa shape index (κ3) is 2.72. The Labute approximate surface area is 125 Å². The van der Waals surface area contributed by atoms with Crippen LogP contribution in [0.5, 0.6) is 0 Å². The lowest BCUT2D eigenvalue weighted by molar-refractivity contribution is -0.146. The summed E-state index contributed by atoms with van der Waals surface area (Å²) in [5.74, 6) is -1.37. The van der Waals surface area contributed by atoms with Crippen LogP contribution in [0.1, 0.15) is 19.3 Å². The molecule has 0 spiro atoms. The van der Waals surface area contributed by atoms with E-state index in [0.29, 0.717) is 18.5 Å². The molecule has 2 N–H and O–H groups in total. The fourth-order valence-electron chi connectivity index (χ4n) is 2.56. The molecule has 1 aliphatic rings. The molecule has 2 aromatic rings. The zero-order valence-corrected chi connectivity index (χ0v) is 11.8. The van der Waals surface area contributed by atoms with E-state index in [9.17, 15) is 14.4 Å². The molecule has 0 radical (unpaired) electrons. The quantitative estimate of drug-likeness (QED) is 0.800. The molecule has 3 rings (SSSR count). The first kappa shape index (κ1) is 14.3. The van der Waals surface area contributed by atoms with Gasteiger partial charge in [0.25, 0.3) is 0 Å². The summed E-state index contributed by atoms with van der Waals surface area (Å²) in [6.07, 6.45) is 2.70. The Morgan fingerprint density at radius 3 is 2.82 bits per heavy atom. The largest absolute Gasteiger partial charge is 0.481 e. The molecule has 0 unspecified atom stereocenters. The highest BCUT2D eigenvalue weighted by Crippen LogP contribution is 2.27. The summed E-state index contributed by atoms with van der Waals surface area (Å²) >= 11 is 0. The summed E-state index contributed by atoms with van der Waals surface area (Å²) in [6.45, 7) is 0.196. The molecule has 0 aromatic carbocycles. The van der Waals surface area contributed by atoms with Gasteiger partial charge in [-0.25, -0.2) is 9.48 Å². The number of carbonyl (C=O) groups is 2. The Bertz CT molecular complexity index is 772. The molecule has 0 bridgehead atoms. The average Bonchev–Trinajstić information content (AvgIpc) is 2.77. The number of rotatable bonds is 5. The Morgan fingerprint density at radius 1 is 1.36 bits per heavy atom. The van der Waals surface area contributed by atoms with Gasteiger partial charge in [-0.2, -0.15) is 0 Å². The van der Waals surface area contributed by atoms with E-state index in [1.807, 2.05) is 0 Å². The van der Waals surface area contributed by atoms with Crippen molar-refractivity contribution in [1.29, 1.82) is 0 Å². The fraction of sp³-hybridized carbons (Fsp3) is 0.429. The van der Waals surface area contributed by atoms with Crippen molar-refractivity contribution in [2.75, 3.05) is 0 Å². The van der Waals surface area contributed by atoms with Crippen molar-refractivity contribution in [3.8, 4) is 0 Å². The van der Waals surface area contributed by atoms with Crippen LogP contribution in [0, 0.1) is 5.92 Å². The third-order valence-corrected chi connectivity index (χ3v) is 3.89. The van der Waals surface area contributed by atoms with Crippen molar-refractivity contribution >= 4 is 17.5 Å². The van der Waals surface area contributed by atoms with Gasteiger partial charge in [-0.3, -0.25) is 14.0 Å². The molecular formula is C14H16N4O4. The van der Waals surface area contributed by atoms with E-state index in [2.05, 4.69) is 10.4 Å². The molecule has 0 atom stereocenters. The van der Waals surface area contributed by atoms with Gasteiger partial charge in [-0.1, -0.05) is 6.07 Å². The highest BCUT2D eigenvalue weighted by Gasteiger charge is 2.35. The van der Waals surface area contributed by atoms with Crippen LogP contribution in [0.3, 0.4) is 0 Å². The highest BCUT2D eigenvalue weighted by atomic mass is 16.4. The van der Waals surface area contributed by atoms with Crippen LogP contribution in [0.15, 0.2) is 29.2 Å². The molecule has 8 heteroatoms. The first-order valence-electron chi connectivity index (χ1n) is 7.11. The van der Waals surface area contributed by atoms with Crippen LogP contribution >= 0.6 is 0 Å². The molecule has 22 heavy (non-hydrogen) atoms. The van der Waals surface area contributed by atoms with Crippen molar-refractivity contribution < 1.29 is 14.7 Å². The average molecular weight is 304 g/mol. The SMILES string of the molecule is O=C(CCn1nc2ccccn2c1=O)NC1CC(C(=O)O)C1. The second-order valence-corrected chi connectivity index (χ2v) is 5.46. The molecule has 1 saturated carbocycles. The molecule has 1 fully saturated rings. The number of carboxylic acids is 1. The number of nitrogens with one attached hydrogen (secondary N) is 1. The molecule has 2 aromatic heterocycles. The zero-order valence-electron chi connectivity index (χ0n) is 11.8. The van der Waals surface area contributed by atoms with E-state index in [-0.39, 0.29) is 36.5 Å². The van der Waals surface area contributed by atoms with Gasteiger partial charge in [0.2, 0.25) is 5.91 Å². The van der Waals surface area contributed by atoms with Crippen LogP contribution in [0.25, 0.3) is 5.65 Å². The maximum atomic E-state index is 12.0. The number of hydrogen-bond acceptors (Lipinski definition) is 4. The summed E-state index contributed by atoms with van der Waals surface area (Å²) in [7, 11) is 0. The van der Waals surface area contributed by atoms with Gasteiger partial charge in [-0.05, 0) is 25.0 Å². The lowest BCUT2D eigenvalue weighted by Crippen LogP contribution is -2.46. The van der Waals surface area contributed by atoms with Gasteiger partial charge in [0.1, 0.15) is 0 Å². The first-order valence-corrected chi connectivity index (χ1v) is 7.11. The normalized spacial score (nSPS) is 20.5. The minimum Gasteiger partial charge on any atom is -0.481 e. The zero-order chi connectivity index (χ0) is 15.7. The van der Waals surface area contributed by atoms with Crippen LogP contribution < -0.4 is 11.0 Å². The summed E-state index contributed by atoms with van der Waals surface area (Å²) in [5.41, 5.74) is 0.259. The number of carbonyl (C=O) groups excluding carboxylic acids is 1. The van der Waals surface area contributed by atoms with Crippen molar-refractivity contribution in [3.63, 3.8) is 0 Å². The second-order valence-electron chi connectivity index (χ2n) is 5.46. The Balaban J connectivity index is 1.54. The van der Waals surface area contributed by atoms with Gasteiger partial charge in [0, 0.05) is 18.7 Å². The van der Waals surface area contributed by atoms with Crippen molar-refractivity contribution in [2.24, 2.45) is 5.92 Å². The van der Waals surface area contributed by atoms with Gasteiger partial charge in [0.15, 0.2) is 5.65 Å². The number of aryl methyl sites for hydroxylation is 1. The van der Waals surface area contributed by atoms with Crippen LogP contribution in [-0.2, 0) is 16.1 Å². The highest BCUT2D eigenvalue weighted by molar-refractivity contribution is 5.77. The van der Waals surface area contributed by atoms with E-state index >= 15 is 0 Å². The van der Waals surface area contributed by atoms with Gasteiger partial charge < -0.3 is 10.4 Å². The maximum absolute atomic E-state index is 12.0.